The first kappa shape index (κ1) is 11.4. The topological polar surface area (TPSA) is 49.4 Å². The molecule has 2 amide bonds. The number of nitrogens with one attached hydrogen (secondary N) is 1. The van der Waals surface area contributed by atoms with Gasteiger partial charge in [-0.3, -0.25) is 9.59 Å². The molecular weight excluding hydrogens is 204 g/mol. The molecule has 1 unspecified atom stereocenters. The first-order valence-corrected chi connectivity index (χ1v) is 6.03. The van der Waals surface area contributed by atoms with Crippen LogP contribution < -0.4 is 5.32 Å². The number of amides is 2. The lowest BCUT2D eigenvalue weighted by Crippen LogP contribution is -2.46. The zero-order chi connectivity index (χ0) is 11.8. The summed E-state index contributed by atoms with van der Waals surface area (Å²) >= 11 is 0. The van der Waals surface area contributed by atoms with E-state index in [9.17, 15) is 9.59 Å². The van der Waals surface area contributed by atoms with Crippen LogP contribution in [0.5, 0.6) is 0 Å². The molecule has 4 heteroatoms. The molecule has 0 bridgehead atoms. The second-order valence-electron chi connectivity index (χ2n) is 5.73. The van der Waals surface area contributed by atoms with Crippen molar-refractivity contribution in [2.45, 2.75) is 33.1 Å². The maximum atomic E-state index is 12.2. The Bertz CT molecular complexity index is 312. The number of nitrogens with zero attached hydrogens (tertiary/aromatic N) is 1. The van der Waals surface area contributed by atoms with Gasteiger partial charge in [-0.1, -0.05) is 13.8 Å². The maximum Gasteiger partial charge on any atom is 0.228 e. The Morgan fingerprint density at radius 1 is 1.50 bits per heavy atom. The van der Waals surface area contributed by atoms with Crippen molar-refractivity contribution in [2.24, 2.45) is 11.3 Å². The summed E-state index contributed by atoms with van der Waals surface area (Å²) in [7, 11) is 0. The zero-order valence-corrected chi connectivity index (χ0v) is 10.1. The van der Waals surface area contributed by atoms with E-state index in [4.69, 9.17) is 0 Å². The SMILES string of the molecule is CC1(C)CCCN(C(=O)C2CNC(=O)C2)C1. The third-order valence-electron chi connectivity index (χ3n) is 3.54. The van der Waals surface area contributed by atoms with Crippen molar-refractivity contribution < 1.29 is 9.59 Å². The Labute approximate surface area is 96.4 Å². The van der Waals surface area contributed by atoms with Crippen LogP contribution in [0.2, 0.25) is 0 Å². The van der Waals surface area contributed by atoms with Crippen molar-refractivity contribution >= 4 is 11.8 Å². The first-order chi connectivity index (χ1) is 7.48. The van der Waals surface area contributed by atoms with Crippen molar-refractivity contribution in [3.8, 4) is 0 Å². The highest BCUT2D eigenvalue weighted by atomic mass is 16.2. The third kappa shape index (κ3) is 2.36. The second kappa shape index (κ2) is 4.07. The molecule has 16 heavy (non-hydrogen) atoms. The third-order valence-corrected chi connectivity index (χ3v) is 3.54. The summed E-state index contributed by atoms with van der Waals surface area (Å²) in [4.78, 5) is 25.2. The summed E-state index contributed by atoms with van der Waals surface area (Å²) in [6, 6.07) is 0. The van der Waals surface area contributed by atoms with Crippen molar-refractivity contribution in [2.75, 3.05) is 19.6 Å². The average molecular weight is 224 g/mol. The Kier molecular flexibility index (Phi) is 2.91. The molecule has 0 saturated carbocycles. The molecule has 2 heterocycles. The van der Waals surface area contributed by atoms with Crippen molar-refractivity contribution in [1.82, 2.24) is 10.2 Å². The number of carbonyl (C=O) groups excluding carboxylic acids is 2. The highest BCUT2D eigenvalue weighted by Crippen LogP contribution is 2.29. The van der Waals surface area contributed by atoms with E-state index < -0.39 is 0 Å². The fraction of sp³-hybridized carbons (Fsp3) is 0.833. The molecule has 1 N–H and O–H groups in total. The van der Waals surface area contributed by atoms with Gasteiger partial charge in [0.15, 0.2) is 0 Å². The molecule has 2 aliphatic rings. The van der Waals surface area contributed by atoms with Crippen LogP contribution in [0.4, 0.5) is 0 Å². The number of likely N-dealkylation sites (tertiary alicyclic amines) is 1. The van der Waals surface area contributed by atoms with Crippen LogP contribution in [0.1, 0.15) is 33.1 Å². The molecule has 0 spiro atoms. The first-order valence-electron chi connectivity index (χ1n) is 6.03. The maximum absolute atomic E-state index is 12.2. The molecule has 1 atom stereocenters. The second-order valence-corrected chi connectivity index (χ2v) is 5.73. The minimum atomic E-state index is -0.124. The molecule has 2 rings (SSSR count). The number of carbonyl (C=O) groups is 2. The van der Waals surface area contributed by atoms with Crippen LogP contribution in [-0.4, -0.2) is 36.3 Å². The molecule has 0 radical (unpaired) electrons. The van der Waals surface area contributed by atoms with E-state index in [1.54, 1.807) is 0 Å². The quantitative estimate of drug-likeness (QED) is 0.715. The molecule has 0 aliphatic carbocycles. The monoisotopic (exact) mass is 224 g/mol. The van der Waals surface area contributed by atoms with Gasteiger partial charge in [0.1, 0.15) is 0 Å². The lowest BCUT2D eigenvalue weighted by atomic mass is 9.83. The summed E-state index contributed by atoms with van der Waals surface area (Å²) < 4.78 is 0. The number of hydrogen-bond acceptors (Lipinski definition) is 2. The van der Waals surface area contributed by atoms with Crippen LogP contribution in [-0.2, 0) is 9.59 Å². The van der Waals surface area contributed by atoms with Crippen molar-refractivity contribution in [3.05, 3.63) is 0 Å². The standard InChI is InChI=1S/C12H20N2O2/c1-12(2)4-3-5-14(8-12)11(16)9-6-10(15)13-7-9/h9H,3-8H2,1-2H3,(H,13,15). The fourth-order valence-electron chi connectivity index (χ4n) is 2.65. The average Bonchev–Trinajstić information content (AvgIpc) is 2.62. The minimum Gasteiger partial charge on any atom is -0.355 e. The van der Waals surface area contributed by atoms with Gasteiger partial charge in [0.05, 0.1) is 5.92 Å². The zero-order valence-electron chi connectivity index (χ0n) is 10.1. The smallest absolute Gasteiger partial charge is 0.228 e. The largest absolute Gasteiger partial charge is 0.355 e. The van der Waals surface area contributed by atoms with Gasteiger partial charge in [0, 0.05) is 26.1 Å². The molecule has 0 aromatic carbocycles. The van der Waals surface area contributed by atoms with E-state index in [0.717, 1.165) is 19.5 Å². The Hall–Kier alpha value is -1.06. The van der Waals surface area contributed by atoms with Gasteiger partial charge in [0.2, 0.25) is 11.8 Å². The van der Waals surface area contributed by atoms with Gasteiger partial charge < -0.3 is 10.2 Å². The number of hydrogen-bond donors (Lipinski definition) is 1. The molecule has 0 aromatic heterocycles. The van der Waals surface area contributed by atoms with E-state index in [1.165, 1.54) is 6.42 Å². The van der Waals surface area contributed by atoms with Gasteiger partial charge in [0.25, 0.3) is 0 Å². The van der Waals surface area contributed by atoms with Crippen molar-refractivity contribution in [3.63, 3.8) is 0 Å². The normalized spacial score (nSPS) is 29.0. The highest BCUT2D eigenvalue weighted by molar-refractivity contribution is 5.89. The van der Waals surface area contributed by atoms with Gasteiger partial charge in [-0.25, -0.2) is 0 Å². The molecule has 0 aromatic rings. The van der Waals surface area contributed by atoms with Crippen LogP contribution in [0.15, 0.2) is 0 Å². The Morgan fingerprint density at radius 2 is 2.25 bits per heavy atom. The summed E-state index contributed by atoms with van der Waals surface area (Å²) in [5.41, 5.74) is 0.226. The van der Waals surface area contributed by atoms with Crippen LogP contribution in [0.3, 0.4) is 0 Å². The van der Waals surface area contributed by atoms with E-state index in [1.807, 2.05) is 4.90 Å². The van der Waals surface area contributed by atoms with E-state index in [0.29, 0.717) is 13.0 Å². The van der Waals surface area contributed by atoms with Gasteiger partial charge >= 0.3 is 0 Å². The predicted molar refractivity (Wildman–Crippen MR) is 60.7 cm³/mol. The van der Waals surface area contributed by atoms with Gasteiger partial charge in [-0.2, -0.15) is 0 Å². The number of piperidine rings is 1. The van der Waals surface area contributed by atoms with E-state index >= 15 is 0 Å². The summed E-state index contributed by atoms with van der Waals surface area (Å²) in [6.07, 6.45) is 2.63. The Balaban J connectivity index is 1.96. The van der Waals surface area contributed by atoms with Crippen LogP contribution in [0.25, 0.3) is 0 Å². The van der Waals surface area contributed by atoms with Crippen LogP contribution in [0, 0.1) is 11.3 Å². The fourth-order valence-corrected chi connectivity index (χ4v) is 2.65. The lowest BCUT2D eigenvalue weighted by molar-refractivity contribution is -0.138. The lowest BCUT2D eigenvalue weighted by Gasteiger charge is -2.39. The minimum absolute atomic E-state index is 0.00891. The van der Waals surface area contributed by atoms with Crippen molar-refractivity contribution in [1.29, 1.82) is 0 Å². The molecule has 2 fully saturated rings. The van der Waals surface area contributed by atoms with E-state index in [2.05, 4.69) is 19.2 Å². The van der Waals surface area contributed by atoms with Gasteiger partial charge in [-0.15, -0.1) is 0 Å². The van der Waals surface area contributed by atoms with Gasteiger partial charge in [-0.05, 0) is 18.3 Å². The van der Waals surface area contributed by atoms with E-state index in [-0.39, 0.29) is 23.1 Å². The molecule has 2 aliphatic heterocycles. The molecule has 2 saturated heterocycles. The Morgan fingerprint density at radius 3 is 2.81 bits per heavy atom. The number of rotatable bonds is 1. The predicted octanol–water partition coefficient (Wildman–Crippen LogP) is 0.771. The summed E-state index contributed by atoms with van der Waals surface area (Å²) in [5.74, 6) is 0.0437. The van der Waals surface area contributed by atoms with Crippen LogP contribution >= 0.6 is 0 Å². The summed E-state index contributed by atoms with van der Waals surface area (Å²) in [6.45, 7) is 6.60. The summed E-state index contributed by atoms with van der Waals surface area (Å²) in [5, 5.41) is 2.72. The molecular formula is C12H20N2O2. The molecule has 90 valence electrons. The molecule has 4 nitrogen and oxygen atoms in total. The highest BCUT2D eigenvalue weighted by Gasteiger charge is 2.35.